The van der Waals surface area contributed by atoms with Gasteiger partial charge in [-0.05, 0) is 13.8 Å². The molecule has 0 fully saturated rings. The predicted molar refractivity (Wildman–Crippen MR) is 47.6 cm³/mol. The molecule has 13 heavy (non-hydrogen) atoms. The molecular weight excluding hydrogens is 159 g/mol. The Kier molecular flexibility index (Phi) is 6.57. The van der Waals surface area contributed by atoms with Gasteiger partial charge in [-0.3, -0.25) is 0 Å². The zero-order chi connectivity index (χ0) is 8.81. The number of hydrogen-bond acceptors (Lipinski definition) is 2. The van der Waals surface area contributed by atoms with Gasteiger partial charge in [-0.25, -0.2) is 0 Å². The van der Waals surface area contributed by atoms with Crippen LogP contribution < -0.4 is 28.3 Å². The molecule has 0 saturated heterocycles. The van der Waals surface area contributed by atoms with Crippen LogP contribution in [0.5, 0.6) is 11.5 Å². The second kappa shape index (κ2) is 6.88. The summed E-state index contributed by atoms with van der Waals surface area (Å²) in [5.41, 5.74) is 0. The normalized spacial score (nSPS) is 8.77. The van der Waals surface area contributed by atoms with Crippen molar-refractivity contribution in [1.29, 1.82) is 0 Å². The van der Waals surface area contributed by atoms with Crippen LogP contribution in [0.4, 0.5) is 0 Å². The molecule has 0 aliphatic rings. The first kappa shape index (κ1) is 12.4. The monoisotopic (exact) mass is 172 g/mol. The van der Waals surface area contributed by atoms with Crippen molar-refractivity contribution in [3.63, 3.8) is 0 Å². The van der Waals surface area contributed by atoms with Gasteiger partial charge >= 0.3 is 18.9 Å². The third-order valence-electron chi connectivity index (χ3n) is 1.34. The van der Waals surface area contributed by atoms with Gasteiger partial charge in [-0.15, -0.1) is 12.1 Å². The van der Waals surface area contributed by atoms with Crippen LogP contribution in [0.2, 0.25) is 0 Å². The van der Waals surface area contributed by atoms with E-state index in [2.05, 4.69) is 6.07 Å². The quantitative estimate of drug-likeness (QED) is 0.441. The third kappa shape index (κ3) is 4.26. The van der Waals surface area contributed by atoms with Crippen molar-refractivity contribution in [2.45, 2.75) is 13.8 Å². The van der Waals surface area contributed by atoms with Crippen LogP contribution >= 0.6 is 0 Å². The topological polar surface area (TPSA) is 18.5 Å². The van der Waals surface area contributed by atoms with E-state index in [4.69, 9.17) is 9.47 Å². The van der Waals surface area contributed by atoms with Gasteiger partial charge in [-0.1, -0.05) is 6.07 Å². The maximum atomic E-state index is 5.26. The second-order valence-electron chi connectivity index (χ2n) is 2.25. The second-order valence-corrected chi connectivity index (χ2v) is 2.25. The Morgan fingerprint density at radius 2 is 1.54 bits per heavy atom. The number of rotatable bonds is 4. The molecule has 0 saturated carbocycles. The van der Waals surface area contributed by atoms with Crippen LogP contribution in [0.1, 0.15) is 13.8 Å². The minimum absolute atomic E-state index is 0. The molecule has 0 atom stereocenters. The van der Waals surface area contributed by atoms with E-state index in [1.807, 2.05) is 32.0 Å². The molecule has 2 nitrogen and oxygen atoms in total. The van der Waals surface area contributed by atoms with Crippen molar-refractivity contribution in [1.82, 2.24) is 0 Å². The Labute approximate surface area is 91.4 Å². The van der Waals surface area contributed by atoms with E-state index >= 15 is 0 Å². The molecule has 0 N–H and O–H groups in total. The standard InChI is InChI=1S/C10H13O2.Li/c1-3-11-9-6-5-7-10(8-9)12-4-2;/h5-7H,3-4H2,1-2H3;/q-1;+1. The van der Waals surface area contributed by atoms with Crippen molar-refractivity contribution in [3.05, 3.63) is 24.3 Å². The molecule has 0 unspecified atom stereocenters. The summed E-state index contributed by atoms with van der Waals surface area (Å²) in [5.74, 6) is 1.48. The Bertz CT molecular complexity index is 217. The van der Waals surface area contributed by atoms with Crippen LogP contribution in [-0.2, 0) is 0 Å². The Morgan fingerprint density at radius 1 is 1.08 bits per heavy atom. The Balaban J connectivity index is 0.00000144. The van der Waals surface area contributed by atoms with Gasteiger partial charge in [0.15, 0.2) is 0 Å². The van der Waals surface area contributed by atoms with Crippen LogP contribution in [0, 0.1) is 6.07 Å². The summed E-state index contributed by atoms with van der Waals surface area (Å²) in [6.45, 7) is 5.21. The third-order valence-corrected chi connectivity index (χ3v) is 1.34. The van der Waals surface area contributed by atoms with Crippen LogP contribution in [0.3, 0.4) is 0 Å². The van der Waals surface area contributed by atoms with Crippen molar-refractivity contribution in [2.24, 2.45) is 0 Å². The van der Waals surface area contributed by atoms with Gasteiger partial charge < -0.3 is 9.47 Å². The van der Waals surface area contributed by atoms with Crippen LogP contribution in [-0.4, -0.2) is 13.2 Å². The fraction of sp³-hybridized carbons (Fsp3) is 0.400. The molecule has 0 bridgehead atoms. The van der Waals surface area contributed by atoms with Gasteiger partial charge in [0.25, 0.3) is 0 Å². The van der Waals surface area contributed by atoms with E-state index < -0.39 is 0 Å². The van der Waals surface area contributed by atoms with Crippen LogP contribution in [0.25, 0.3) is 0 Å². The van der Waals surface area contributed by atoms with E-state index in [1.165, 1.54) is 0 Å². The smallest absolute Gasteiger partial charge is 0.520 e. The molecule has 1 aromatic rings. The molecule has 0 radical (unpaired) electrons. The van der Waals surface area contributed by atoms with E-state index in [0.29, 0.717) is 13.2 Å². The summed E-state index contributed by atoms with van der Waals surface area (Å²) in [4.78, 5) is 0. The zero-order valence-corrected chi connectivity index (χ0v) is 8.46. The average molecular weight is 172 g/mol. The molecule has 1 aromatic carbocycles. The van der Waals surface area contributed by atoms with Crippen molar-refractivity contribution >= 4 is 0 Å². The van der Waals surface area contributed by atoms with E-state index in [-0.39, 0.29) is 18.9 Å². The van der Waals surface area contributed by atoms with E-state index in [1.54, 1.807) is 0 Å². The Morgan fingerprint density at radius 3 is 1.92 bits per heavy atom. The predicted octanol–water partition coefficient (Wildman–Crippen LogP) is -0.712. The maximum absolute atomic E-state index is 5.26. The molecule has 0 aromatic heterocycles. The van der Waals surface area contributed by atoms with E-state index in [9.17, 15) is 0 Å². The average Bonchev–Trinajstić information content (AvgIpc) is 2.06. The number of hydrogen-bond donors (Lipinski definition) is 0. The number of ether oxygens (including phenoxy) is 2. The first-order valence-corrected chi connectivity index (χ1v) is 4.14. The van der Waals surface area contributed by atoms with Crippen molar-refractivity contribution in [2.75, 3.05) is 13.2 Å². The van der Waals surface area contributed by atoms with Gasteiger partial charge in [0, 0.05) is 11.5 Å². The summed E-state index contributed by atoms with van der Waals surface area (Å²) in [6, 6.07) is 8.63. The summed E-state index contributed by atoms with van der Waals surface area (Å²) >= 11 is 0. The molecular formula is C10H13LiO2. The van der Waals surface area contributed by atoms with Crippen molar-refractivity contribution in [3.8, 4) is 11.5 Å². The zero-order valence-electron chi connectivity index (χ0n) is 8.46. The molecule has 1 rings (SSSR count). The first-order chi connectivity index (χ1) is 5.86. The minimum Gasteiger partial charge on any atom is -0.520 e. The van der Waals surface area contributed by atoms with Crippen molar-refractivity contribution < 1.29 is 28.3 Å². The molecule has 66 valence electrons. The summed E-state index contributed by atoms with van der Waals surface area (Å²) in [6.07, 6.45) is 0. The minimum atomic E-state index is 0. The van der Waals surface area contributed by atoms with Crippen LogP contribution in [0.15, 0.2) is 18.2 Å². The SMILES string of the molecule is CCOc1[c-]c(OCC)ccc1.[Li+]. The molecule has 0 heterocycles. The van der Waals surface area contributed by atoms with Gasteiger partial charge in [0.1, 0.15) is 0 Å². The fourth-order valence-electron chi connectivity index (χ4n) is 0.907. The molecule has 0 aliphatic heterocycles. The largest absolute Gasteiger partial charge is 1.00 e. The van der Waals surface area contributed by atoms with Gasteiger partial charge in [-0.2, -0.15) is 6.07 Å². The summed E-state index contributed by atoms with van der Waals surface area (Å²) in [5, 5.41) is 0. The summed E-state index contributed by atoms with van der Waals surface area (Å²) < 4.78 is 10.5. The van der Waals surface area contributed by atoms with E-state index in [0.717, 1.165) is 11.5 Å². The first-order valence-electron chi connectivity index (χ1n) is 4.14. The summed E-state index contributed by atoms with van der Waals surface area (Å²) in [7, 11) is 0. The fourth-order valence-corrected chi connectivity index (χ4v) is 0.907. The molecule has 0 amide bonds. The number of benzene rings is 1. The Hall–Kier alpha value is -0.583. The van der Waals surface area contributed by atoms with Gasteiger partial charge in [0.05, 0.1) is 13.2 Å². The maximum Gasteiger partial charge on any atom is 1.00 e. The van der Waals surface area contributed by atoms with Gasteiger partial charge in [0.2, 0.25) is 0 Å². The molecule has 3 heteroatoms. The molecule has 0 spiro atoms. The molecule has 0 aliphatic carbocycles.